The van der Waals surface area contributed by atoms with Gasteiger partial charge in [-0.05, 0) is 32.6 Å². The van der Waals surface area contributed by atoms with Crippen LogP contribution in [0.25, 0.3) is 22.3 Å². The van der Waals surface area contributed by atoms with E-state index in [9.17, 15) is 18.3 Å². The van der Waals surface area contributed by atoms with Crippen molar-refractivity contribution < 1.29 is 22.8 Å². The summed E-state index contributed by atoms with van der Waals surface area (Å²) in [5.74, 6) is 0.895. The first-order valence-corrected chi connectivity index (χ1v) is 9.16. The molecule has 10 heteroatoms. The third-order valence-corrected chi connectivity index (χ3v) is 5.70. The highest BCUT2D eigenvalue weighted by Crippen LogP contribution is 2.51. The lowest BCUT2D eigenvalue weighted by Crippen LogP contribution is -2.25. The Bertz CT molecular complexity index is 1080. The topological polar surface area (TPSA) is 103 Å². The number of hydrogen-bond acceptors (Lipinski definition) is 6. The van der Waals surface area contributed by atoms with Crippen LogP contribution in [0.5, 0.6) is 0 Å². The van der Waals surface area contributed by atoms with Crippen LogP contribution >= 0.6 is 0 Å². The lowest BCUT2D eigenvalue weighted by Gasteiger charge is -2.21. The van der Waals surface area contributed by atoms with Gasteiger partial charge in [-0.15, -0.1) is 0 Å². The second-order valence-corrected chi connectivity index (χ2v) is 7.50. The van der Waals surface area contributed by atoms with Crippen LogP contribution in [0.4, 0.5) is 19.0 Å². The van der Waals surface area contributed by atoms with E-state index in [1.165, 1.54) is 0 Å². The van der Waals surface area contributed by atoms with Crippen molar-refractivity contribution in [2.75, 3.05) is 5.73 Å². The zero-order chi connectivity index (χ0) is 19.8. The SMILES string of the molecule is C[C@H](n1c2c(c3c(N)ncnc31)-c1noc(C3CC3)c1[C@H](O)CC2)C(F)(F)F. The first-order chi connectivity index (χ1) is 13.3. The van der Waals surface area contributed by atoms with E-state index < -0.39 is 18.3 Å². The molecule has 0 amide bonds. The molecule has 0 aromatic carbocycles. The second kappa shape index (κ2) is 5.69. The summed E-state index contributed by atoms with van der Waals surface area (Å²) in [6, 6.07) is -1.82. The fourth-order valence-electron chi connectivity index (χ4n) is 4.14. The maximum atomic E-state index is 13.6. The lowest BCUT2D eigenvalue weighted by molar-refractivity contribution is -0.162. The summed E-state index contributed by atoms with van der Waals surface area (Å²) >= 11 is 0. The standard InChI is InChI=1S/C18H18F3N5O2/c1-7(18(19,20)21)26-9-4-5-10(27)12-14(25-28-15(12)8-2-3-8)11(9)13-16(22)23-6-24-17(13)26/h6-8,10,27H,2-5H2,1H3,(H2,22,23,24)/t7-,10+/m0/s1. The van der Waals surface area contributed by atoms with Gasteiger partial charge in [0.2, 0.25) is 0 Å². The van der Waals surface area contributed by atoms with Crippen LogP contribution in [-0.4, -0.2) is 31.0 Å². The third-order valence-electron chi connectivity index (χ3n) is 5.70. The summed E-state index contributed by atoms with van der Waals surface area (Å²) in [4.78, 5) is 8.09. The zero-order valence-corrected chi connectivity index (χ0v) is 15.0. The van der Waals surface area contributed by atoms with Gasteiger partial charge in [0.15, 0.2) is 0 Å². The number of anilines is 1. The molecule has 28 heavy (non-hydrogen) atoms. The van der Waals surface area contributed by atoms with Crippen molar-refractivity contribution in [2.45, 2.75) is 56.8 Å². The Morgan fingerprint density at radius 1 is 1.29 bits per heavy atom. The molecule has 1 saturated carbocycles. The summed E-state index contributed by atoms with van der Waals surface area (Å²) in [7, 11) is 0. The van der Waals surface area contributed by atoms with E-state index >= 15 is 0 Å². The van der Waals surface area contributed by atoms with E-state index in [4.69, 9.17) is 10.3 Å². The van der Waals surface area contributed by atoms with Crippen LogP contribution in [0.3, 0.4) is 0 Å². The Morgan fingerprint density at radius 3 is 2.71 bits per heavy atom. The van der Waals surface area contributed by atoms with Crippen molar-refractivity contribution in [1.82, 2.24) is 19.7 Å². The molecule has 0 unspecified atom stereocenters. The van der Waals surface area contributed by atoms with Crippen molar-refractivity contribution in [3.05, 3.63) is 23.3 Å². The summed E-state index contributed by atoms with van der Waals surface area (Å²) in [5, 5.41) is 15.2. The number of rotatable bonds is 2. The molecule has 2 aliphatic carbocycles. The van der Waals surface area contributed by atoms with Crippen LogP contribution in [-0.2, 0) is 6.42 Å². The van der Waals surface area contributed by atoms with Crippen LogP contribution in [0.2, 0.25) is 0 Å². The smallest absolute Gasteiger partial charge is 0.388 e. The van der Waals surface area contributed by atoms with Gasteiger partial charge in [-0.3, -0.25) is 0 Å². The molecule has 1 fully saturated rings. The number of hydrogen-bond donors (Lipinski definition) is 2. The van der Waals surface area contributed by atoms with Gasteiger partial charge in [-0.2, -0.15) is 13.2 Å². The maximum Gasteiger partial charge on any atom is 0.408 e. The first kappa shape index (κ1) is 17.5. The molecular weight excluding hydrogens is 375 g/mol. The molecule has 148 valence electrons. The molecule has 0 bridgehead atoms. The molecule has 0 saturated heterocycles. The van der Waals surface area contributed by atoms with Crippen molar-refractivity contribution in [3.8, 4) is 11.3 Å². The van der Waals surface area contributed by atoms with Crippen molar-refractivity contribution in [3.63, 3.8) is 0 Å². The molecule has 2 aliphatic rings. The zero-order valence-electron chi connectivity index (χ0n) is 15.0. The number of nitrogens with two attached hydrogens (primary N) is 1. The molecule has 3 aromatic rings. The number of fused-ring (bicyclic) bond motifs is 5. The van der Waals surface area contributed by atoms with Gasteiger partial charge in [0.05, 0.1) is 17.1 Å². The molecule has 0 spiro atoms. The molecule has 5 rings (SSSR count). The van der Waals surface area contributed by atoms with Gasteiger partial charge in [0, 0.05) is 17.2 Å². The average molecular weight is 393 g/mol. The van der Waals surface area contributed by atoms with Gasteiger partial charge in [0.25, 0.3) is 0 Å². The predicted octanol–water partition coefficient (Wildman–Crippen LogP) is 3.65. The molecule has 3 N–H and O–H groups in total. The first-order valence-electron chi connectivity index (χ1n) is 9.16. The van der Waals surface area contributed by atoms with E-state index in [1.807, 2.05) is 0 Å². The summed E-state index contributed by atoms with van der Waals surface area (Å²) in [6.45, 7) is 1.08. The number of halogens is 3. The van der Waals surface area contributed by atoms with Crippen LogP contribution < -0.4 is 5.73 Å². The highest BCUT2D eigenvalue weighted by molar-refractivity contribution is 6.02. The molecule has 2 atom stereocenters. The quantitative estimate of drug-likeness (QED) is 0.689. The Kier molecular flexibility index (Phi) is 3.55. The van der Waals surface area contributed by atoms with Gasteiger partial charge in [-0.1, -0.05) is 5.16 Å². The maximum absolute atomic E-state index is 13.6. The predicted molar refractivity (Wildman–Crippen MR) is 93.5 cm³/mol. The number of nitrogens with zero attached hydrogens (tertiary/aromatic N) is 4. The highest BCUT2D eigenvalue weighted by atomic mass is 19.4. The summed E-state index contributed by atoms with van der Waals surface area (Å²) < 4.78 is 47.5. The van der Waals surface area contributed by atoms with Gasteiger partial charge >= 0.3 is 6.18 Å². The summed E-state index contributed by atoms with van der Waals surface area (Å²) in [6.07, 6.45) is -1.80. The molecular formula is C18H18F3N5O2. The fraction of sp³-hybridized carbons (Fsp3) is 0.500. The Labute approximate surface area is 157 Å². The van der Waals surface area contributed by atoms with E-state index in [0.29, 0.717) is 33.7 Å². The number of aliphatic hydroxyl groups excluding tert-OH is 1. The highest BCUT2D eigenvalue weighted by Gasteiger charge is 2.43. The van der Waals surface area contributed by atoms with Crippen molar-refractivity contribution in [1.29, 1.82) is 0 Å². The van der Waals surface area contributed by atoms with Gasteiger partial charge in [-0.25, -0.2) is 9.97 Å². The normalized spacial score (nSPS) is 20.7. The Morgan fingerprint density at radius 2 is 2.04 bits per heavy atom. The molecule has 7 nitrogen and oxygen atoms in total. The molecule has 0 aliphatic heterocycles. The molecule has 3 aromatic heterocycles. The molecule has 3 heterocycles. The number of aliphatic hydroxyl groups is 1. The second-order valence-electron chi connectivity index (χ2n) is 7.50. The average Bonchev–Trinajstić information content (AvgIpc) is 3.32. The minimum absolute atomic E-state index is 0.0766. The van der Waals surface area contributed by atoms with Crippen LogP contribution in [0.15, 0.2) is 10.9 Å². The minimum Gasteiger partial charge on any atom is -0.388 e. The summed E-state index contributed by atoms with van der Waals surface area (Å²) in [5.41, 5.74) is 7.90. The van der Waals surface area contributed by atoms with E-state index in [2.05, 4.69) is 15.1 Å². The Hall–Kier alpha value is -2.62. The Balaban J connectivity index is 1.87. The van der Waals surface area contributed by atoms with E-state index in [0.717, 1.165) is 30.7 Å². The van der Waals surface area contributed by atoms with Gasteiger partial charge in [0.1, 0.15) is 35.3 Å². The minimum atomic E-state index is -4.48. The van der Waals surface area contributed by atoms with Crippen LogP contribution in [0, 0.1) is 0 Å². The largest absolute Gasteiger partial charge is 0.408 e. The monoisotopic (exact) mass is 393 g/mol. The van der Waals surface area contributed by atoms with Crippen molar-refractivity contribution >= 4 is 16.9 Å². The molecule has 0 radical (unpaired) electrons. The van der Waals surface area contributed by atoms with E-state index in [-0.39, 0.29) is 30.2 Å². The van der Waals surface area contributed by atoms with E-state index in [1.54, 1.807) is 0 Å². The third kappa shape index (κ3) is 2.36. The number of nitrogen functional groups attached to an aromatic ring is 1. The fourth-order valence-corrected chi connectivity index (χ4v) is 4.14. The van der Waals surface area contributed by atoms with Gasteiger partial charge < -0.3 is 19.9 Å². The van der Waals surface area contributed by atoms with Crippen molar-refractivity contribution in [2.24, 2.45) is 0 Å². The lowest BCUT2D eigenvalue weighted by atomic mass is 10.0. The van der Waals surface area contributed by atoms with Crippen LogP contribution in [0.1, 0.15) is 61.3 Å². The number of aromatic nitrogens is 4. The number of alkyl halides is 3.